The maximum absolute atomic E-state index is 4.82. The fraction of sp³-hybridized carbons (Fsp3) is 0.769. The summed E-state index contributed by atoms with van der Waals surface area (Å²) < 4.78 is 0. The Morgan fingerprint density at radius 2 is 1.94 bits per heavy atom. The fourth-order valence-corrected chi connectivity index (χ4v) is 2.38. The van der Waals surface area contributed by atoms with Gasteiger partial charge in [0.1, 0.15) is 5.82 Å². The minimum atomic E-state index is 0.511. The topological polar surface area (TPSA) is 40.7 Å². The van der Waals surface area contributed by atoms with E-state index in [2.05, 4.69) is 38.0 Å². The van der Waals surface area contributed by atoms with Gasteiger partial charge in [0, 0.05) is 18.2 Å². The van der Waals surface area contributed by atoms with Gasteiger partial charge < -0.3 is 10.3 Å². The molecule has 90 valence electrons. The summed E-state index contributed by atoms with van der Waals surface area (Å²) in [7, 11) is 0. The van der Waals surface area contributed by atoms with Crippen LogP contribution in [0.3, 0.4) is 0 Å². The van der Waals surface area contributed by atoms with Crippen molar-refractivity contribution in [2.24, 2.45) is 0 Å². The number of hydrogen-bond acceptors (Lipinski definition) is 2. The minimum absolute atomic E-state index is 0.511. The van der Waals surface area contributed by atoms with Crippen LogP contribution in [0.2, 0.25) is 0 Å². The highest BCUT2D eigenvalue weighted by Gasteiger charge is 2.23. The van der Waals surface area contributed by atoms with Crippen molar-refractivity contribution in [1.82, 2.24) is 15.3 Å². The molecule has 2 heterocycles. The van der Waals surface area contributed by atoms with Gasteiger partial charge in [-0.15, -0.1) is 0 Å². The summed E-state index contributed by atoms with van der Waals surface area (Å²) in [4.78, 5) is 8.37. The highest BCUT2D eigenvalue weighted by molar-refractivity contribution is 5.23. The van der Waals surface area contributed by atoms with Gasteiger partial charge in [0.2, 0.25) is 0 Å². The molecule has 1 unspecified atom stereocenters. The number of nitrogens with zero attached hydrogens (tertiary/aromatic N) is 1. The normalized spacial score (nSPS) is 21.2. The van der Waals surface area contributed by atoms with Crippen molar-refractivity contribution in [3.63, 3.8) is 0 Å². The lowest BCUT2D eigenvalue weighted by atomic mass is 10.0. The molecule has 1 aromatic rings. The van der Waals surface area contributed by atoms with Gasteiger partial charge in [-0.1, -0.05) is 27.7 Å². The number of imidazole rings is 1. The zero-order chi connectivity index (χ0) is 11.7. The quantitative estimate of drug-likeness (QED) is 0.824. The molecule has 0 radical (unpaired) electrons. The third-order valence-electron chi connectivity index (χ3n) is 3.35. The fourth-order valence-electron chi connectivity index (χ4n) is 2.38. The van der Waals surface area contributed by atoms with Gasteiger partial charge in [-0.2, -0.15) is 0 Å². The molecule has 1 aliphatic heterocycles. The van der Waals surface area contributed by atoms with Crippen molar-refractivity contribution in [2.75, 3.05) is 13.1 Å². The zero-order valence-electron chi connectivity index (χ0n) is 10.8. The largest absolute Gasteiger partial charge is 0.345 e. The average molecular weight is 221 g/mol. The first-order chi connectivity index (χ1) is 7.59. The van der Waals surface area contributed by atoms with E-state index in [0.29, 0.717) is 17.8 Å². The van der Waals surface area contributed by atoms with E-state index >= 15 is 0 Å². The molecule has 3 nitrogen and oxygen atoms in total. The number of hydrogen-bond donors (Lipinski definition) is 2. The SMILES string of the molecule is CC(C)c1nc(C2CCNC2)[nH]c1C(C)C. The first-order valence-corrected chi connectivity index (χ1v) is 6.40. The van der Waals surface area contributed by atoms with Gasteiger partial charge >= 0.3 is 0 Å². The van der Waals surface area contributed by atoms with Crippen LogP contribution in [0.4, 0.5) is 0 Å². The first kappa shape index (κ1) is 11.6. The van der Waals surface area contributed by atoms with E-state index in [4.69, 9.17) is 4.98 Å². The van der Waals surface area contributed by atoms with E-state index in [0.717, 1.165) is 13.1 Å². The maximum atomic E-state index is 4.82. The molecule has 1 aromatic heterocycles. The second kappa shape index (κ2) is 4.58. The summed E-state index contributed by atoms with van der Waals surface area (Å²) in [6.45, 7) is 11.1. The van der Waals surface area contributed by atoms with Gasteiger partial charge in [-0.25, -0.2) is 4.98 Å². The second-order valence-electron chi connectivity index (χ2n) is 5.42. The van der Waals surface area contributed by atoms with Gasteiger partial charge in [0.05, 0.1) is 5.69 Å². The van der Waals surface area contributed by atoms with Crippen molar-refractivity contribution < 1.29 is 0 Å². The van der Waals surface area contributed by atoms with E-state index < -0.39 is 0 Å². The standard InChI is InChI=1S/C13H23N3/c1-8(2)11-12(9(3)4)16-13(15-11)10-5-6-14-7-10/h8-10,14H,5-7H2,1-4H3,(H,15,16). The molecule has 1 atom stereocenters. The Morgan fingerprint density at radius 1 is 1.19 bits per heavy atom. The summed E-state index contributed by atoms with van der Waals surface area (Å²) in [6.07, 6.45) is 1.21. The first-order valence-electron chi connectivity index (χ1n) is 6.40. The lowest BCUT2D eigenvalue weighted by Gasteiger charge is -2.07. The van der Waals surface area contributed by atoms with Gasteiger partial charge in [0.15, 0.2) is 0 Å². The van der Waals surface area contributed by atoms with Gasteiger partial charge in [-0.3, -0.25) is 0 Å². The Kier molecular flexibility index (Phi) is 3.33. The molecule has 0 aliphatic carbocycles. The van der Waals surface area contributed by atoms with Crippen molar-refractivity contribution in [2.45, 2.75) is 51.9 Å². The van der Waals surface area contributed by atoms with Crippen LogP contribution in [0.15, 0.2) is 0 Å². The van der Waals surface area contributed by atoms with Crippen LogP contribution in [0.5, 0.6) is 0 Å². The number of H-pyrrole nitrogens is 1. The molecule has 0 amide bonds. The third-order valence-corrected chi connectivity index (χ3v) is 3.35. The number of aromatic amines is 1. The molecule has 0 aromatic carbocycles. The third kappa shape index (κ3) is 2.14. The molecule has 2 rings (SSSR count). The van der Waals surface area contributed by atoms with Crippen molar-refractivity contribution >= 4 is 0 Å². The summed E-state index contributed by atoms with van der Waals surface area (Å²) >= 11 is 0. The maximum Gasteiger partial charge on any atom is 0.111 e. The number of nitrogens with one attached hydrogen (secondary N) is 2. The average Bonchev–Trinajstić information content (AvgIpc) is 2.86. The van der Waals surface area contributed by atoms with Crippen molar-refractivity contribution in [1.29, 1.82) is 0 Å². The Morgan fingerprint density at radius 3 is 2.38 bits per heavy atom. The Labute approximate surface area is 98.1 Å². The van der Waals surface area contributed by atoms with Crippen LogP contribution < -0.4 is 5.32 Å². The van der Waals surface area contributed by atoms with Crippen LogP contribution in [0.25, 0.3) is 0 Å². The predicted octanol–water partition coefficient (Wildman–Crippen LogP) is 2.73. The molecule has 0 saturated carbocycles. The molecule has 2 N–H and O–H groups in total. The summed E-state index contributed by atoms with van der Waals surface area (Å²) in [5.74, 6) is 2.83. The second-order valence-corrected chi connectivity index (χ2v) is 5.42. The lowest BCUT2D eigenvalue weighted by molar-refractivity contribution is 0.704. The van der Waals surface area contributed by atoms with E-state index in [1.807, 2.05) is 0 Å². The molecule has 0 spiro atoms. The van der Waals surface area contributed by atoms with Gasteiger partial charge in [0.25, 0.3) is 0 Å². The Balaban J connectivity index is 2.30. The minimum Gasteiger partial charge on any atom is -0.345 e. The molecule has 1 aliphatic rings. The van der Waals surface area contributed by atoms with E-state index in [-0.39, 0.29) is 0 Å². The van der Waals surface area contributed by atoms with Crippen LogP contribution in [-0.2, 0) is 0 Å². The molecule has 16 heavy (non-hydrogen) atoms. The summed E-state index contributed by atoms with van der Waals surface area (Å²) in [5.41, 5.74) is 2.59. The highest BCUT2D eigenvalue weighted by atomic mass is 15.0. The van der Waals surface area contributed by atoms with Crippen molar-refractivity contribution in [3.05, 3.63) is 17.2 Å². The van der Waals surface area contributed by atoms with Crippen LogP contribution in [-0.4, -0.2) is 23.1 Å². The number of rotatable bonds is 3. The smallest absolute Gasteiger partial charge is 0.111 e. The summed E-state index contributed by atoms with van der Waals surface area (Å²) in [6, 6.07) is 0. The predicted molar refractivity (Wildman–Crippen MR) is 67.0 cm³/mol. The van der Waals surface area contributed by atoms with E-state index in [1.165, 1.54) is 23.6 Å². The summed E-state index contributed by atoms with van der Waals surface area (Å²) in [5, 5.41) is 3.40. The molecule has 0 bridgehead atoms. The molecular weight excluding hydrogens is 198 g/mol. The highest BCUT2D eigenvalue weighted by Crippen LogP contribution is 2.28. The molecule has 1 fully saturated rings. The molecule has 3 heteroatoms. The Bertz CT molecular complexity index is 321. The molecular formula is C13H23N3. The van der Waals surface area contributed by atoms with E-state index in [9.17, 15) is 0 Å². The lowest BCUT2D eigenvalue weighted by Crippen LogP contribution is -2.08. The van der Waals surface area contributed by atoms with Crippen molar-refractivity contribution in [3.8, 4) is 0 Å². The monoisotopic (exact) mass is 221 g/mol. The van der Waals surface area contributed by atoms with Crippen LogP contribution >= 0.6 is 0 Å². The van der Waals surface area contributed by atoms with Crippen LogP contribution in [0.1, 0.15) is 69.1 Å². The van der Waals surface area contributed by atoms with E-state index in [1.54, 1.807) is 0 Å². The molecule has 1 saturated heterocycles. The van der Waals surface area contributed by atoms with Crippen LogP contribution in [0, 0.1) is 0 Å². The zero-order valence-corrected chi connectivity index (χ0v) is 10.8. The number of aromatic nitrogens is 2. The Hall–Kier alpha value is -0.830. The van der Waals surface area contributed by atoms with Gasteiger partial charge in [-0.05, 0) is 24.8 Å².